The van der Waals surface area contributed by atoms with Crippen molar-refractivity contribution in [2.45, 2.75) is 19.4 Å². The van der Waals surface area contributed by atoms with Crippen LogP contribution in [0.5, 0.6) is 0 Å². The summed E-state index contributed by atoms with van der Waals surface area (Å²) < 4.78 is 0. The fourth-order valence-corrected chi connectivity index (χ4v) is 1.99. The summed E-state index contributed by atoms with van der Waals surface area (Å²) in [4.78, 5) is 16.0. The molecule has 0 aliphatic carbocycles. The Labute approximate surface area is 118 Å². The van der Waals surface area contributed by atoms with Gasteiger partial charge in [0.15, 0.2) is 0 Å². The molecule has 2 rings (SSSR count). The molecule has 104 valence electrons. The van der Waals surface area contributed by atoms with Crippen LogP contribution in [0.25, 0.3) is 0 Å². The number of hydrogen-bond donors (Lipinski definition) is 2. The lowest BCUT2D eigenvalue weighted by Gasteiger charge is -2.12. The second kappa shape index (κ2) is 6.82. The van der Waals surface area contributed by atoms with Gasteiger partial charge in [0, 0.05) is 24.9 Å². The van der Waals surface area contributed by atoms with Crippen molar-refractivity contribution in [3.05, 3.63) is 65.5 Å². The first-order valence-corrected chi connectivity index (χ1v) is 6.58. The SMILES string of the molecule is Cc1ncccc1C(=O)NCC(O)Cc1ccccc1. The predicted octanol–water partition coefficient (Wildman–Crippen LogP) is 1.72. The van der Waals surface area contributed by atoms with Gasteiger partial charge < -0.3 is 10.4 Å². The Morgan fingerprint density at radius 2 is 2.00 bits per heavy atom. The molecule has 2 N–H and O–H groups in total. The number of nitrogens with zero attached hydrogens (tertiary/aromatic N) is 1. The van der Waals surface area contributed by atoms with E-state index >= 15 is 0 Å². The van der Waals surface area contributed by atoms with Crippen LogP contribution in [0.4, 0.5) is 0 Å². The predicted molar refractivity (Wildman–Crippen MR) is 77.5 cm³/mol. The summed E-state index contributed by atoms with van der Waals surface area (Å²) in [5.74, 6) is -0.206. The number of carbonyl (C=O) groups excluding carboxylic acids is 1. The Morgan fingerprint density at radius 3 is 2.70 bits per heavy atom. The summed E-state index contributed by atoms with van der Waals surface area (Å²) in [5.41, 5.74) is 2.27. The van der Waals surface area contributed by atoms with Crippen molar-refractivity contribution >= 4 is 5.91 Å². The van der Waals surface area contributed by atoms with Crippen LogP contribution in [0, 0.1) is 6.92 Å². The zero-order valence-electron chi connectivity index (χ0n) is 11.4. The number of benzene rings is 1. The third-order valence-corrected chi connectivity index (χ3v) is 3.06. The van der Waals surface area contributed by atoms with Gasteiger partial charge in [-0.3, -0.25) is 9.78 Å². The Morgan fingerprint density at radius 1 is 1.25 bits per heavy atom. The third-order valence-electron chi connectivity index (χ3n) is 3.06. The highest BCUT2D eigenvalue weighted by molar-refractivity contribution is 5.95. The Hall–Kier alpha value is -2.20. The molecule has 1 unspecified atom stereocenters. The molecule has 1 atom stereocenters. The average molecular weight is 270 g/mol. The number of aromatic nitrogens is 1. The highest BCUT2D eigenvalue weighted by atomic mass is 16.3. The van der Waals surface area contributed by atoms with Crippen LogP contribution in [0.2, 0.25) is 0 Å². The normalized spacial score (nSPS) is 11.9. The quantitative estimate of drug-likeness (QED) is 0.869. The van der Waals surface area contributed by atoms with Crippen LogP contribution in [0.15, 0.2) is 48.7 Å². The van der Waals surface area contributed by atoms with Gasteiger partial charge in [-0.15, -0.1) is 0 Å². The van der Waals surface area contributed by atoms with Gasteiger partial charge in [0.25, 0.3) is 5.91 Å². The fraction of sp³-hybridized carbons (Fsp3) is 0.250. The van der Waals surface area contributed by atoms with Crippen molar-refractivity contribution in [2.24, 2.45) is 0 Å². The Kier molecular flexibility index (Phi) is 4.85. The molecule has 1 heterocycles. The molecular weight excluding hydrogens is 252 g/mol. The van der Waals surface area contributed by atoms with Gasteiger partial charge in [-0.25, -0.2) is 0 Å². The zero-order valence-corrected chi connectivity index (χ0v) is 11.4. The molecule has 0 spiro atoms. The van der Waals surface area contributed by atoms with Crippen molar-refractivity contribution in [3.8, 4) is 0 Å². The number of carbonyl (C=O) groups is 1. The van der Waals surface area contributed by atoms with Crippen molar-refractivity contribution in [3.63, 3.8) is 0 Å². The van der Waals surface area contributed by atoms with Crippen LogP contribution in [0.1, 0.15) is 21.6 Å². The largest absolute Gasteiger partial charge is 0.391 e. The van der Waals surface area contributed by atoms with Gasteiger partial charge in [0.1, 0.15) is 0 Å². The molecule has 0 fully saturated rings. The minimum atomic E-state index is -0.599. The van der Waals surface area contributed by atoms with E-state index in [1.807, 2.05) is 30.3 Å². The number of hydrogen-bond acceptors (Lipinski definition) is 3. The first-order chi connectivity index (χ1) is 9.66. The minimum absolute atomic E-state index is 0.206. The van der Waals surface area contributed by atoms with Crippen LogP contribution >= 0.6 is 0 Å². The molecule has 4 heteroatoms. The topological polar surface area (TPSA) is 62.2 Å². The molecule has 2 aromatic rings. The van der Waals surface area contributed by atoms with Crippen LogP contribution in [0.3, 0.4) is 0 Å². The van der Waals surface area contributed by atoms with E-state index in [4.69, 9.17) is 0 Å². The van der Waals surface area contributed by atoms with Crippen LogP contribution in [-0.4, -0.2) is 28.6 Å². The summed E-state index contributed by atoms with van der Waals surface area (Å²) in [6.07, 6.45) is 1.57. The third kappa shape index (κ3) is 3.90. The molecular formula is C16H18N2O2. The Bertz CT molecular complexity index is 570. The molecule has 0 bridgehead atoms. The lowest BCUT2D eigenvalue weighted by Crippen LogP contribution is -2.33. The smallest absolute Gasteiger partial charge is 0.253 e. The van der Waals surface area contributed by atoms with Crippen molar-refractivity contribution in [1.82, 2.24) is 10.3 Å². The molecule has 0 radical (unpaired) electrons. The van der Waals surface area contributed by atoms with Gasteiger partial charge in [0.05, 0.1) is 11.7 Å². The molecule has 0 aliphatic heterocycles. The number of aryl methyl sites for hydroxylation is 1. The standard InChI is InChI=1S/C16H18N2O2/c1-12-15(8-5-9-17-12)16(20)18-11-14(19)10-13-6-3-2-4-7-13/h2-9,14,19H,10-11H2,1H3,(H,18,20). The molecule has 0 aliphatic rings. The van der Waals surface area contributed by atoms with Gasteiger partial charge in [-0.05, 0) is 24.6 Å². The average Bonchev–Trinajstić information content (AvgIpc) is 2.46. The van der Waals surface area contributed by atoms with Crippen LogP contribution < -0.4 is 5.32 Å². The number of aliphatic hydroxyl groups excluding tert-OH is 1. The van der Waals surface area contributed by atoms with E-state index in [1.54, 1.807) is 25.3 Å². The molecule has 0 saturated carbocycles. The maximum absolute atomic E-state index is 12.0. The molecule has 0 saturated heterocycles. The van der Waals surface area contributed by atoms with E-state index in [1.165, 1.54) is 0 Å². The van der Waals surface area contributed by atoms with Gasteiger partial charge in [0.2, 0.25) is 0 Å². The number of aliphatic hydroxyl groups is 1. The molecule has 20 heavy (non-hydrogen) atoms. The van der Waals surface area contributed by atoms with E-state index in [0.29, 0.717) is 17.7 Å². The van der Waals surface area contributed by atoms with E-state index in [0.717, 1.165) is 5.56 Å². The second-order valence-corrected chi connectivity index (χ2v) is 4.69. The Balaban J connectivity index is 1.86. The number of nitrogens with one attached hydrogen (secondary N) is 1. The second-order valence-electron chi connectivity index (χ2n) is 4.69. The summed E-state index contributed by atoms with van der Waals surface area (Å²) in [6.45, 7) is 2.01. The zero-order chi connectivity index (χ0) is 14.4. The van der Waals surface area contributed by atoms with E-state index < -0.39 is 6.10 Å². The monoisotopic (exact) mass is 270 g/mol. The lowest BCUT2D eigenvalue weighted by atomic mass is 10.1. The molecule has 1 aromatic carbocycles. The van der Waals surface area contributed by atoms with Gasteiger partial charge in [-0.2, -0.15) is 0 Å². The maximum Gasteiger partial charge on any atom is 0.253 e. The molecule has 1 aromatic heterocycles. The summed E-state index contributed by atoms with van der Waals surface area (Å²) >= 11 is 0. The van der Waals surface area contributed by atoms with E-state index in [9.17, 15) is 9.90 Å². The van der Waals surface area contributed by atoms with Crippen LogP contribution in [-0.2, 0) is 6.42 Å². The number of pyridine rings is 1. The maximum atomic E-state index is 12.0. The highest BCUT2D eigenvalue weighted by Crippen LogP contribution is 2.05. The first-order valence-electron chi connectivity index (χ1n) is 6.58. The number of amides is 1. The molecule has 4 nitrogen and oxygen atoms in total. The van der Waals surface area contributed by atoms with Gasteiger partial charge >= 0.3 is 0 Å². The van der Waals surface area contributed by atoms with E-state index in [2.05, 4.69) is 10.3 Å². The van der Waals surface area contributed by atoms with Crippen molar-refractivity contribution in [1.29, 1.82) is 0 Å². The summed E-state index contributed by atoms with van der Waals surface area (Å²) in [7, 11) is 0. The number of rotatable bonds is 5. The van der Waals surface area contributed by atoms with E-state index in [-0.39, 0.29) is 12.5 Å². The first kappa shape index (κ1) is 14.2. The summed E-state index contributed by atoms with van der Waals surface area (Å²) in [5, 5.41) is 12.7. The minimum Gasteiger partial charge on any atom is -0.391 e. The van der Waals surface area contributed by atoms with Gasteiger partial charge in [-0.1, -0.05) is 30.3 Å². The highest BCUT2D eigenvalue weighted by Gasteiger charge is 2.11. The molecule has 1 amide bonds. The van der Waals surface area contributed by atoms with Crippen molar-refractivity contribution in [2.75, 3.05) is 6.54 Å². The van der Waals surface area contributed by atoms with Crippen molar-refractivity contribution < 1.29 is 9.90 Å². The fourth-order valence-electron chi connectivity index (χ4n) is 1.99. The lowest BCUT2D eigenvalue weighted by molar-refractivity contribution is 0.0915. The summed E-state index contributed by atoms with van der Waals surface area (Å²) in [6, 6.07) is 13.2.